The minimum atomic E-state index is -0.113. The summed E-state index contributed by atoms with van der Waals surface area (Å²) in [6, 6.07) is 3.54. The molecule has 2 heterocycles. The van der Waals surface area contributed by atoms with Crippen molar-refractivity contribution in [1.29, 1.82) is 0 Å². The fraction of sp³-hybridized carbons (Fsp3) is 0.600. The van der Waals surface area contributed by atoms with Gasteiger partial charge in [0.25, 0.3) is 5.91 Å². The first-order valence-corrected chi connectivity index (χ1v) is 7.12. The molecule has 0 radical (unpaired) electrons. The number of amides is 1. The van der Waals surface area contributed by atoms with Gasteiger partial charge in [0.1, 0.15) is 5.15 Å². The lowest BCUT2D eigenvalue weighted by Gasteiger charge is -2.21. The molecule has 1 aromatic rings. The van der Waals surface area contributed by atoms with Crippen molar-refractivity contribution in [1.82, 2.24) is 9.88 Å². The van der Waals surface area contributed by atoms with Crippen LogP contribution in [0.2, 0.25) is 5.15 Å². The SMILES string of the molecule is CC1CCN(C(=O)c2cc(Cl)nc(C(C)(C)C)c2)C1. The first-order chi connectivity index (χ1) is 8.77. The molecule has 0 N–H and O–H groups in total. The summed E-state index contributed by atoms with van der Waals surface area (Å²) in [4.78, 5) is 18.7. The summed E-state index contributed by atoms with van der Waals surface area (Å²) in [6.07, 6.45) is 1.08. The van der Waals surface area contributed by atoms with Gasteiger partial charge in [-0.2, -0.15) is 0 Å². The van der Waals surface area contributed by atoms with Crippen molar-refractivity contribution in [3.63, 3.8) is 0 Å². The molecule has 0 spiro atoms. The number of nitrogens with zero attached hydrogens (tertiary/aromatic N) is 2. The van der Waals surface area contributed by atoms with Crippen LogP contribution in [-0.4, -0.2) is 28.9 Å². The topological polar surface area (TPSA) is 33.2 Å². The molecule has 2 rings (SSSR count). The minimum Gasteiger partial charge on any atom is -0.338 e. The summed E-state index contributed by atoms with van der Waals surface area (Å²) in [7, 11) is 0. The Balaban J connectivity index is 2.29. The van der Waals surface area contributed by atoms with E-state index in [-0.39, 0.29) is 11.3 Å². The van der Waals surface area contributed by atoms with Gasteiger partial charge in [-0.25, -0.2) is 4.98 Å². The van der Waals surface area contributed by atoms with Crippen molar-refractivity contribution >= 4 is 17.5 Å². The number of hydrogen-bond acceptors (Lipinski definition) is 2. The molecule has 0 aromatic carbocycles. The molecule has 3 nitrogen and oxygen atoms in total. The number of hydrogen-bond donors (Lipinski definition) is 0. The molecule has 19 heavy (non-hydrogen) atoms. The first-order valence-electron chi connectivity index (χ1n) is 6.74. The van der Waals surface area contributed by atoms with Gasteiger partial charge in [0.2, 0.25) is 0 Å². The summed E-state index contributed by atoms with van der Waals surface area (Å²) in [5.41, 5.74) is 1.40. The highest BCUT2D eigenvalue weighted by Gasteiger charge is 2.26. The van der Waals surface area contributed by atoms with Gasteiger partial charge in [-0.3, -0.25) is 4.79 Å². The molecule has 1 fully saturated rings. The van der Waals surface area contributed by atoms with E-state index in [1.165, 1.54) is 0 Å². The molecule has 1 aliphatic heterocycles. The smallest absolute Gasteiger partial charge is 0.254 e. The predicted octanol–water partition coefficient (Wildman–Crippen LogP) is 3.51. The number of carbonyl (C=O) groups excluding carboxylic acids is 1. The van der Waals surface area contributed by atoms with Crippen LogP contribution in [0, 0.1) is 5.92 Å². The highest BCUT2D eigenvalue weighted by molar-refractivity contribution is 6.29. The molecular formula is C15H21ClN2O. The molecule has 0 bridgehead atoms. The van der Waals surface area contributed by atoms with Crippen LogP contribution >= 0.6 is 11.6 Å². The summed E-state index contributed by atoms with van der Waals surface area (Å²) in [5, 5.41) is 0.392. The van der Waals surface area contributed by atoms with Crippen molar-refractivity contribution in [2.75, 3.05) is 13.1 Å². The third-order valence-corrected chi connectivity index (χ3v) is 3.71. The van der Waals surface area contributed by atoms with E-state index in [0.29, 0.717) is 16.6 Å². The lowest BCUT2D eigenvalue weighted by Crippen LogP contribution is -2.29. The van der Waals surface area contributed by atoms with Gasteiger partial charge in [0.15, 0.2) is 0 Å². The number of rotatable bonds is 1. The lowest BCUT2D eigenvalue weighted by atomic mass is 9.91. The second-order valence-corrected chi connectivity index (χ2v) is 6.85. The average molecular weight is 281 g/mol. The molecular weight excluding hydrogens is 260 g/mol. The second-order valence-electron chi connectivity index (χ2n) is 6.46. The summed E-state index contributed by atoms with van der Waals surface area (Å²) < 4.78 is 0. The zero-order valence-corrected chi connectivity index (χ0v) is 12.8. The van der Waals surface area contributed by atoms with E-state index in [4.69, 9.17) is 11.6 Å². The van der Waals surface area contributed by atoms with Crippen LogP contribution in [0.4, 0.5) is 0 Å². The van der Waals surface area contributed by atoms with Crippen LogP contribution in [-0.2, 0) is 5.41 Å². The number of halogens is 1. The largest absolute Gasteiger partial charge is 0.338 e. The quantitative estimate of drug-likeness (QED) is 0.738. The highest BCUT2D eigenvalue weighted by atomic mass is 35.5. The van der Waals surface area contributed by atoms with E-state index in [2.05, 4.69) is 32.7 Å². The van der Waals surface area contributed by atoms with Crippen LogP contribution in [0.5, 0.6) is 0 Å². The van der Waals surface area contributed by atoms with Crippen molar-refractivity contribution < 1.29 is 4.79 Å². The van der Waals surface area contributed by atoms with E-state index in [0.717, 1.165) is 25.2 Å². The Hall–Kier alpha value is -1.09. The van der Waals surface area contributed by atoms with E-state index in [1.807, 2.05) is 11.0 Å². The normalized spacial score (nSPS) is 19.8. The van der Waals surface area contributed by atoms with E-state index >= 15 is 0 Å². The Labute approximate surface area is 120 Å². The van der Waals surface area contributed by atoms with Gasteiger partial charge in [0.05, 0.1) is 0 Å². The molecule has 1 saturated heterocycles. The van der Waals surface area contributed by atoms with Gasteiger partial charge in [-0.15, -0.1) is 0 Å². The van der Waals surface area contributed by atoms with Crippen LogP contribution in [0.15, 0.2) is 12.1 Å². The first kappa shape index (κ1) is 14.3. The fourth-order valence-corrected chi connectivity index (χ4v) is 2.52. The van der Waals surface area contributed by atoms with Gasteiger partial charge in [0, 0.05) is 29.8 Å². The van der Waals surface area contributed by atoms with E-state index < -0.39 is 0 Å². The molecule has 1 aromatic heterocycles. The number of aromatic nitrogens is 1. The fourth-order valence-electron chi connectivity index (χ4n) is 2.31. The Morgan fingerprint density at radius 2 is 2.11 bits per heavy atom. The Kier molecular flexibility index (Phi) is 3.86. The van der Waals surface area contributed by atoms with Crippen molar-refractivity contribution in [2.24, 2.45) is 5.92 Å². The third-order valence-electron chi connectivity index (χ3n) is 3.52. The van der Waals surface area contributed by atoms with E-state index in [1.54, 1.807) is 6.07 Å². The van der Waals surface area contributed by atoms with Gasteiger partial charge >= 0.3 is 0 Å². The number of likely N-dealkylation sites (tertiary alicyclic amines) is 1. The third kappa shape index (κ3) is 3.27. The van der Waals surface area contributed by atoms with Crippen LogP contribution < -0.4 is 0 Å². The maximum absolute atomic E-state index is 12.5. The molecule has 1 atom stereocenters. The Morgan fingerprint density at radius 3 is 2.63 bits per heavy atom. The van der Waals surface area contributed by atoms with Crippen molar-refractivity contribution in [3.8, 4) is 0 Å². The number of carbonyl (C=O) groups is 1. The minimum absolute atomic E-state index is 0.0687. The molecule has 1 amide bonds. The Morgan fingerprint density at radius 1 is 1.42 bits per heavy atom. The van der Waals surface area contributed by atoms with Crippen LogP contribution in [0.25, 0.3) is 0 Å². The molecule has 0 aliphatic carbocycles. The number of pyridine rings is 1. The van der Waals surface area contributed by atoms with Crippen molar-refractivity contribution in [3.05, 3.63) is 28.5 Å². The second kappa shape index (κ2) is 5.12. The predicted molar refractivity (Wildman–Crippen MR) is 77.6 cm³/mol. The maximum atomic E-state index is 12.5. The van der Waals surface area contributed by atoms with Gasteiger partial charge in [-0.05, 0) is 24.5 Å². The summed E-state index contributed by atoms with van der Waals surface area (Å²) >= 11 is 6.05. The molecule has 1 unspecified atom stereocenters. The van der Waals surface area contributed by atoms with Gasteiger partial charge in [-0.1, -0.05) is 39.3 Å². The molecule has 0 saturated carbocycles. The molecule has 104 valence electrons. The van der Waals surface area contributed by atoms with Gasteiger partial charge < -0.3 is 4.90 Å². The zero-order chi connectivity index (χ0) is 14.2. The molecule has 4 heteroatoms. The maximum Gasteiger partial charge on any atom is 0.254 e. The standard InChI is InChI=1S/C15H21ClN2O/c1-10-5-6-18(9-10)14(19)11-7-12(15(2,3)4)17-13(16)8-11/h7-8,10H,5-6,9H2,1-4H3. The summed E-state index contributed by atoms with van der Waals surface area (Å²) in [6.45, 7) is 10.1. The zero-order valence-electron chi connectivity index (χ0n) is 12.0. The monoisotopic (exact) mass is 280 g/mol. The summed E-state index contributed by atoms with van der Waals surface area (Å²) in [5.74, 6) is 0.655. The van der Waals surface area contributed by atoms with E-state index in [9.17, 15) is 4.79 Å². The van der Waals surface area contributed by atoms with Crippen LogP contribution in [0.1, 0.15) is 50.2 Å². The van der Waals surface area contributed by atoms with Crippen molar-refractivity contribution in [2.45, 2.75) is 39.5 Å². The lowest BCUT2D eigenvalue weighted by molar-refractivity contribution is 0.0788. The highest BCUT2D eigenvalue weighted by Crippen LogP contribution is 2.25. The Bertz CT molecular complexity index is 493. The van der Waals surface area contributed by atoms with Crippen LogP contribution in [0.3, 0.4) is 0 Å². The molecule has 1 aliphatic rings. The average Bonchev–Trinajstić information content (AvgIpc) is 2.73.